The highest BCUT2D eigenvalue weighted by molar-refractivity contribution is 5.73. The van der Waals surface area contributed by atoms with Gasteiger partial charge in [0.25, 0.3) is 0 Å². The van der Waals surface area contributed by atoms with Gasteiger partial charge in [0.1, 0.15) is 6.04 Å². The molecule has 3 N–H and O–H groups in total. The summed E-state index contributed by atoms with van der Waals surface area (Å²) >= 11 is 0. The zero-order valence-corrected chi connectivity index (χ0v) is 4.66. The molecule has 0 rings (SSSR count). The van der Waals surface area contributed by atoms with Gasteiger partial charge in [-0.3, -0.25) is 4.79 Å². The molecular weight excluding hydrogens is 118 g/mol. The van der Waals surface area contributed by atoms with Crippen molar-refractivity contribution in [2.75, 3.05) is 0 Å². The third-order valence-electron chi connectivity index (χ3n) is 0.781. The summed E-state index contributed by atoms with van der Waals surface area (Å²) in [6.07, 6.45) is -2.06. The van der Waals surface area contributed by atoms with E-state index in [0.29, 0.717) is 0 Å². The van der Waals surface area contributed by atoms with Gasteiger partial charge < -0.3 is 10.8 Å². The summed E-state index contributed by atoms with van der Waals surface area (Å²) in [6, 6.07) is -2.15. The number of aliphatic carboxylic acids is 1. The zero-order chi connectivity index (χ0) is 13.3. The lowest BCUT2D eigenvalue weighted by molar-refractivity contribution is -0.139. The molecule has 54 valence electrons. The molecule has 0 saturated carbocycles. The second-order valence-electron chi connectivity index (χ2n) is 1.44. The Kier molecular flexibility index (Phi) is 0.858. The quantitative estimate of drug-likeness (QED) is 0.595. The van der Waals surface area contributed by atoms with Gasteiger partial charge in [0.15, 0.2) is 0 Å². The Hall–Kier alpha value is -0.570. The van der Waals surface area contributed by atoms with Crippen LogP contribution in [0, 0.1) is 5.89 Å². The van der Waals surface area contributed by atoms with Crippen LogP contribution < -0.4 is 5.73 Å². The summed E-state index contributed by atoms with van der Waals surface area (Å²) < 4.78 is 49.8. The summed E-state index contributed by atoms with van der Waals surface area (Å²) in [5, 5.41) is 8.61. The minimum atomic E-state index is -3.16. The average Bonchev–Trinajstić information content (AvgIpc) is 2.11. The lowest BCUT2D eigenvalue weighted by Crippen LogP contribution is -2.36. The molecule has 0 aromatic rings. The normalized spacial score (nSPS) is 36.9. The van der Waals surface area contributed by atoms with Crippen LogP contribution in [-0.4, -0.2) is 17.1 Å². The molecule has 3 heteroatoms. The van der Waals surface area contributed by atoms with Crippen LogP contribution in [-0.2, 0) is 4.79 Å². The van der Waals surface area contributed by atoms with E-state index in [1.807, 2.05) is 0 Å². The van der Waals surface area contributed by atoms with Crippen molar-refractivity contribution in [3.05, 3.63) is 0 Å². The summed E-state index contributed by atoms with van der Waals surface area (Å²) in [7, 11) is 0. The molecule has 0 aliphatic rings. The highest BCUT2D eigenvalue weighted by atomic mass is 16.4. The Balaban J connectivity index is 5.45. The van der Waals surface area contributed by atoms with Gasteiger partial charge in [-0.15, -0.1) is 0 Å². The predicted octanol–water partition coefficient (Wildman–Crippen LogP) is 0.444. The largest absolute Gasteiger partial charge is 0.480 e. The Morgan fingerprint density at radius 1 is 2.22 bits per heavy atom. The SMILES string of the molecule is [2H]C([2H])[C@@H]([2H])[C@@]([2H])([C@H](N)C(=O)O)C([2H])([2H])[2H]. The van der Waals surface area contributed by atoms with Crippen molar-refractivity contribution < 1.29 is 19.5 Å². The number of nitrogens with two attached hydrogens (primary N) is 1. The summed E-state index contributed by atoms with van der Waals surface area (Å²) in [4.78, 5) is 10.6. The monoisotopic (exact) mass is 138 g/mol. The Labute approximate surface area is 64.7 Å². The molecular formula is C6H13NO2. The molecule has 3 nitrogen and oxygen atoms in total. The molecule has 0 heterocycles. The molecule has 0 amide bonds. The van der Waals surface area contributed by atoms with Crippen LogP contribution in [0.2, 0.25) is 0 Å². The summed E-state index contributed by atoms with van der Waals surface area (Å²) in [5.41, 5.74) is 5.09. The van der Waals surface area contributed by atoms with E-state index in [2.05, 4.69) is 0 Å². The predicted molar refractivity (Wildman–Crippen MR) is 35.1 cm³/mol. The summed E-state index contributed by atoms with van der Waals surface area (Å²) in [5.74, 6) is -4.63. The van der Waals surface area contributed by atoms with E-state index in [0.717, 1.165) is 0 Å². The molecule has 0 unspecified atom stereocenters. The maximum atomic E-state index is 10.6. The smallest absolute Gasteiger partial charge is 0.320 e. The number of carbonyl (C=O) groups is 1. The van der Waals surface area contributed by atoms with E-state index < -0.39 is 38.0 Å². The topological polar surface area (TPSA) is 63.3 Å². The van der Waals surface area contributed by atoms with Gasteiger partial charge in [-0.05, 0) is 5.89 Å². The molecule has 3 atom stereocenters. The molecule has 0 fully saturated rings. The van der Waals surface area contributed by atoms with Crippen molar-refractivity contribution in [1.29, 1.82) is 0 Å². The maximum absolute atomic E-state index is 10.6. The van der Waals surface area contributed by atoms with Crippen LogP contribution in [0.15, 0.2) is 0 Å². The van der Waals surface area contributed by atoms with Crippen molar-refractivity contribution in [3.8, 4) is 0 Å². The highest BCUT2D eigenvalue weighted by Crippen LogP contribution is 2.04. The number of hydrogen-bond acceptors (Lipinski definition) is 2. The van der Waals surface area contributed by atoms with E-state index >= 15 is 0 Å². The summed E-state index contributed by atoms with van der Waals surface area (Å²) in [6.45, 7) is -5.12. The van der Waals surface area contributed by atoms with Crippen molar-refractivity contribution >= 4 is 5.97 Å². The van der Waals surface area contributed by atoms with Crippen LogP contribution in [0.1, 0.15) is 29.7 Å². The van der Waals surface area contributed by atoms with Crippen LogP contribution in [0.5, 0.6) is 0 Å². The zero-order valence-electron chi connectivity index (χ0n) is 11.7. The van der Waals surface area contributed by atoms with Crippen molar-refractivity contribution in [3.63, 3.8) is 0 Å². The Bertz CT molecular complexity index is 268. The second kappa shape index (κ2) is 3.45. The van der Waals surface area contributed by atoms with Crippen molar-refractivity contribution in [1.82, 2.24) is 0 Å². The van der Waals surface area contributed by atoms with Gasteiger partial charge in [-0.25, -0.2) is 0 Å². The Morgan fingerprint density at radius 3 is 3.22 bits per heavy atom. The molecule has 0 aromatic carbocycles. The standard InChI is InChI=1S/C6H13NO2/c1-3-4(2)5(7)6(8)9/h4-5H,3,7H2,1-2H3,(H,8,9)/t4-,5-/m0/s1/i1D2,2D3,3D,4D/t3-,4+,5+/m1. The molecule has 0 aliphatic carbocycles. The molecule has 0 spiro atoms. The molecule has 9 heavy (non-hydrogen) atoms. The number of hydrogen-bond donors (Lipinski definition) is 2. The first-order chi connectivity index (χ1) is 6.96. The van der Waals surface area contributed by atoms with Gasteiger partial charge in [-0.1, -0.05) is 20.1 Å². The van der Waals surface area contributed by atoms with Gasteiger partial charge in [0.05, 0.1) is 0 Å². The van der Waals surface area contributed by atoms with E-state index in [-0.39, 0.29) is 0 Å². The number of carboxylic acid groups (broad SMARTS) is 1. The minimum absolute atomic E-state index is 1.75. The molecule has 0 bridgehead atoms. The van der Waals surface area contributed by atoms with Crippen LogP contribution in [0.4, 0.5) is 0 Å². The fourth-order valence-electron chi connectivity index (χ4n) is 0.237. The fourth-order valence-corrected chi connectivity index (χ4v) is 0.237. The molecule has 0 radical (unpaired) electrons. The first-order valence-corrected chi connectivity index (χ1v) is 2.21. The van der Waals surface area contributed by atoms with Gasteiger partial charge in [-0.2, -0.15) is 0 Å². The first kappa shape index (κ1) is 2.23. The first-order valence-electron chi connectivity index (χ1n) is 5.94. The lowest BCUT2D eigenvalue weighted by atomic mass is 10.0. The second-order valence-corrected chi connectivity index (χ2v) is 1.44. The van der Waals surface area contributed by atoms with E-state index in [4.69, 9.17) is 20.4 Å². The Morgan fingerprint density at radius 2 is 2.89 bits per heavy atom. The molecule has 0 saturated heterocycles. The van der Waals surface area contributed by atoms with Crippen molar-refractivity contribution in [2.24, 2.45) is 11.6 Å². The minimum Gasteiger partial charge on any atom is -0.480 e. The third-order valence-corrected chi connectivity index (χ3v) is 0.781. The lowest BCUT2D eigenvalue weighted by Gasteiger charge is -2.11. The van der Waals surface area contributed by atoms with Gasteiger partial charge >= 0.3 is 5.97 Å². The van der Waals surface area contributed by atoms with E-state index in [9.17, 15) is 4.79 Å². The van der Waals surface area contributed by atoms with Crippen LogP contribution in [0.25, 0.3) is 0 Å². The van der Waals surface area contributed by atoms with Crippen LogP contribution >= 0.6 is 0 Å². The van der Waals surface area contributed by atoms with E-state index in [1.54, 1.807) is 0 Å². The third kappa shape index (κ3) is 2.46. The molecule has 0 aliphatic heterocycles. The van der Waals surface area contributed by atoms with Crippen molar-refractivity contribution in [2.45, 2.75) is 26.2 Å². The fraction of sp³-hybridized carbons (Fsp3) is 0.833. The van der Waals surface area contributed by atoms with Gasteiger partial charge in [0, 0.05) is 9.60 Å². The highest BCUT2D eigenvalue weighted by Gasteiger charge is 2.17. The number of carboxylic acids is 1. The maximum Gasteiger partial charge on any atom is 0.320 e. The average molecular weight is 138 g/mol. The molecule has 0 aromatic heterocycles. The number of rotatable bonds is 3. The van der Waals surface area contributed by atoms with E-state index in [1.165, 1.54) is 0 Å². The van der Waals surface area contributed by atoms with Gasteiger partial charge in [0.2, 0.25) is 0 Å². The van der Waals surface area contributed by atoms with Crippen LogP contribution in [0.3, 0.4) is 0 Å².